The average Bonchev–Trinajstić information content (AvgIpc) is 2.45. The molecule has 0 aliphatic rings. The van der Waals surface area contributed by atoms with Gasteiger partial charge in [-0.05, 0) is 42.3 Å². The highest BCUT2D eigenvalue weighted by Gasteiger charge is 2.10. The highest BCUT2D eigenvalue weighted by Crippen LogP contribution is 2.30. The van der Waals surface area contributed by atoms with E-state index in [0.29, 0.717) is 5.88 Å². The molecule has 0 aromatic heterocycles. The molecule has 2 nitrogen and oxygen atoms in total. The summed E-state index contributed by atoms with van der Waals surface area (Å²) in [4.78, 5) is 0. The highest BCUT2D eigenvalue weighted by atomic mass is 79.9. The fraction of sp³-hybridized carbons (Fsp3) is 0.250. The first-order valence-corrected chi connectivity index (χ1v) is 7.68. The topological polar surface area (TPSA) is 18.5 Å². The molecule has 2 aromatic rings. The van der Waals surface area contributed by atoms with Gasteiger partial charge in [-0.15, -0.1) is 11.6 Å². The summed E-state index contributed by atoms with van der Waals surface area (Å²) < 4.78 is 25.3. The zero-order valence-electron chi connectivity index (χ0n) is 11.8. The van der Waals surface area contributed by atoms with Crippen molar-refractivity contribution >= 4 is 27.5 Å². The number of aryl methyl sites for hydroxylation is 1. The lowest BCUT2D eigenvalue weighted by atomic mass is 10.1. The number of benzene rings is 2. The number of alkyl halides is 1. The van der Waals surface area contributed by atoms with E-state index in [4.69, 9.17) is 21.1 Å². The molecule has 0 unspecified atom stereocenters. The van der Waals surface area contributed by atoms with Crippen LogP contribution in [0.2, 0.25) is 0 Å². The fourth-order valence-electron chi connectivity index (χ4n) is 2.06. The van der Waals surface area contributed by atoms with Crippen molar-refractivity contribution in [3.05, 3.63) is 57.3 Å². The van der Waals surface area contributed by atoms with Crippen molar-refractivity contribution in [3.8, 4) is 11.5 Å². The number of ether oxygens (including phenoxy) is 2. The molecule has 0 N–H and O–H groups in total. The van der Waals surface area contributed by atoms with E-state index < -0.39 is 5.82 Å². The second kappa shape index (κ2) is 7.14. The van der Waals surface area contributed by atoms with E-state index >= 15 is 0 Å². The van der Waals surface area contributed by atoms with Gasteiger partial charge in [-0.3, -0.25) is 0 Å². The van der Waals surface area contributed by atoms with Crippen LogP contribution in [0.15, 0.2) is 34.8 Å². The summed E-state index contributed by atoms with van der Waals surface area (Å²) in [5.41, 5.74) is 2.61. The first-order valence-electron chi connectivity index (χ1n) is 6.35. The molecule has 0 aliphatic carbocycles. The lowest BCUT2D eigenvalue weighted by molar-refractivity contribution is 0.300. The largest absolute Gasteiger partial charge is 0.494 e. The molecule has 0 saturated carbocycles. The summed E-state index contributed by atoms with van der Waals surface area (Å²) in [6.07, 6.45) is 0. The average molecular weight is 374 g/mol. The van der Waals surface area contributed by atoms with Crippen molar-refractivity contribution < 1.29 is 13.9 Å². The number of rotatable bonds is 5. The van der Waals surface area contributed by atoms with E-state index in [0.717, 1.165) is 26.9 Å². The predicted molar refractivity (Wildman–Crippen MR) is 85.7 cm³/mol. The van der Waals surface area contributed by atoms with Crippen LogP contribution in [-0.2, 0) is 12.5 Å². The van der Waals surface area contributed by atoms with E-state index in [9.17, 15) is 4.39 Å². The number of methoxy groups -OCH3 is 1. The molecule has 0 radical (unpaired) electrons. The summed E-state index contributed by atoms with van der Waals surface area (Å²) in [6, 6.07) is 8.65. The van der Waals surface area contributed by atoms with Gasteiger partial charge in [-0.2, -0.15) is 0 Å². The molecule has 0 bridgehead atoms. The Hall–Kier alpha value is -1.26. The van der Waals surface area contributed by atoms with E-state index in [1.807, 2.05) is 19.1 Å². The van der Waals surface area contributed by atoms with E-state index in [2.05, 4.69) is 15.9 Å². The van der Waals surface area contributed by atoms with Crippen LogP contribution in [-0.4, -0.2) is 7.11 Å². The zero-order valence-corrected chi connectivity index (χ0v) is 14.1. The lowest BCUT2D eigenvalue weighted by Gasteiger charge is -2.14. The van der Waals surface area contributed by atoms with Gasteiger partial charge in [0.05, 0.1) is 13.0 Å². The minimum atomic E-state index is -0.399. The second-order valence-electron chi connectivity index (χ2n) is 4.60. The van der Waals surface area contributed by atoms with Gasteiger partial charge in [-0.1, -0.05) is 22.0 Å². The maximum Gasteiger partial charge on any atom is 0.165 e. The van der Waals surface area contributed by atoms with Crippen LogP contribution in [0.5, 0.6) is 11.5 Å². The predicted octanol–water partition coefficient (Wildman–Crippen LogP) is 5.22. The molecule has 2 aromatic carbocycles. The number of hydrogen-bond acceptors (Lipinski definition) is 2. The molecule has 2 rings (SSSR count). The maximum atomic E-state index is 13.6. The molecular weight excluding hydrogens is 359 g/mol. The molecule has 0 atom stereocenters. The molecule has 112 valence electrons. The summed E-state index contributed by atoms with van der Waals surface area (Å²) in [5, 5.41) is 0. The summed E-state index contributed by atoms with van der Waals surface area (Å²) in [6.45, 7) is 2.22. The summed E-state index contributed by atoms with van der Waals surface area (Å²) in [5.74, 6) is 0.917. The van der Waals surface area contributed by atoms with Crippen molar-refractivity contribution in [2.75, 3.05) is 7.11 Å². The Balaban J connectivity index is 2.18. The third-order valence-electron chi connectivity index (χ3n) is 3.06. The van der Waals surface area contributed by atoms with Crippen molar-refractivity contribution in [1.29, 1.82) is 0 Å². The Bertz CT molecular complexity index is 646. The van der Waals surface area contributed by atoms with Crippen LogP contribution in [0, 0.1) is 12.7 Å². The van der Waals surface area contributed by atoms with Crippen LogP contribution in [0.25, 0.3) is 0 Å². The maximum absolute atomic E-state index is 13.6. The van der Waals surface area contributed by atoms with Crippen LogP contribution < -0.4 is 9.47 Å². The molecule has 0 amide bonds. The number of halogens is 3. The van der Waals surface area contributed by atoms with Gasteiger partial charge in [-0.25, -0.2) is 4.39 Å². The van der Waals surface area contributed by atoms with Crippen LogP contribution in [0.4, 0.5) is 4.39 Å². The molecule has 5 heteroatoms. The first kappa shape index (κ1) is 16.1. The quantitative estimate of drug-likeness (QED) is 0.669. The lowest BCUT2D eigenvalue weighted by Crippen LogP contribution is -2.01. The van der Waals surface area contributed by atoms with Gasteiger partial charge < -0.3 is 9.47 Å². The monoisotopic (exact) mass is 372 g/mol. The van der Waals surface area contributed by atoms with Gasteiger partial charge in [0, 0.05) is 10.0 Å². The summed E-state index contributed by atoms with van der Waals surface area (Å²) >= 11 is 9.38. The smallest absolute Gasteiger partial charge is 0.165 e. The van der Waals surface area contributed by atoms with E-state index in [1.165, 1.54) is 13.2 Å². The standard InChI is InChI=1S/C16H15BrClFO2/c1-10-5-13(17)7-12(8-18)16(10)21-9-11-3-4-15(20-2)14(19)6-11/h3-7H,8-9H2,1-2H3. The van der Waals surface area contributed by atoms with E-state index in [1.54, 1.807) is 12.1 Å². The first-order chi connectivity index (χ1) is 10.0. The molecule has 0 fully saturated rings. The Labute approximate surface area is 137 Å². The Morgan fingerprint density at radius 3 is 2.62 bits per heavy atom. The SMILES string of the molecule is COc1ccc(COc2c(C)cc(Br)cc2CCl)cc1F. The Kier molecular flexibility index (Phi) is 5.48. The summed E-state index contributed by atoms with van der Waals surface area (Å²) in [7, 11) is 1.44. The normalized spacial score (nSPS) is 10.5. The molecule has 0 heterocycles. The van der Waals surface area contributed by atoms with Crippen LogP contribution >= 0.6 is 27.5 Å². The third kappa shape index (κ3) is 3.89. The van der Waals surface area contributed by atoms with Crippen molar-refractivity contribution in [2.24, 2.45) is 0 Å². The van der Waals surface area contributed by atoms with Gasteiger partial charge in [0.1, 0.15) is 12.4 Å². The minimum absolute atomic E-state index is 0.222. The van der Waals surface area contributed by atoms with E-state index in [-0.39, 0.29) is 12.4 Å². The molecule has 0 aliphatic heterocycles. The van der Waals surface area contributed by atoms with Crippen LogP contribution in [0.3, 0.4) is 0 Å². The van der Waals surface area contributed by atoms with Gasteiger partial charge in [0.2, 0.25) is 0 Å². The minimum Gasteiger partial charge on any atom is -0.494 e. The van der Waals surface area contributed by atoms with Gasteiger partial charge in [0.15, 0.2) is 11.6 Å². The zero-order chi connectivity index (χ0) is 15.4. The Morgan fingerprint density at radius 1 is 1.24 bits per heavy atom. The number of hydrogen-bond donors (Lipinski definition) is 0. The van der Waals surface area contributed by atoms with Crippen molar-refractivity contribution in [1.82, 2.24) is 0 Å². The second-order valence-corrected chi connectivity index (χ2v) is 5.79. The molecule has 21 heavy (non-hydrogen) atoms. The molecular formula is C16H15BrClFO2. The van der Waals surface area contributed by atoms with Gasteiger partial charge >= 0.3 is 0 Å². The highest BCUT2D eigenvalue weighted by molar-refractivity contribution is 9.10. The van der Waals surface area contributed by atoms with Crippen molar-refractivity contribution in [3.63, 3.8) is 0 Å². The van der Waals surface area contributed by atoms with Gasteiger partial charge in [0.25, 0.3) is 0 Å². The molecule has 0 spiro atoms. The van der Waals surface area contributed by atoms with Crippen molar-refractivity contribution in [2.45, 2.75) is 19.4 Å². The molecule has 0 saturated heterocycles. The third-order valence-corrected chi connectivity index (χ3v) is 3.81. The van der Waals surface area contributed by atoms with Crippen LogP contribution in [0.1, 0.15) is 16.7 Å². The Morgan fingerprint density at radius 2 is 2.00 bits per heavy atom. The fourth-order valence-corrected chi connectivity index (χ4v) is 2.88.